The van der Waals surface area contributed by atoms with E-state index in [1.54, 1.807) is 0 Å². The maximum atomic E-state index is 11.4. The van der Waals surface area contributed by atoms with Gasteiger partial charge in [-0.1, -0.05) is 6.92 Å². The molecule has 0 spiro atoms. The molecule has 0 bridgehead atoms. The fraction of sp³-hybridized carbons (Fsp3) is 0.909. The van der Waals surface area contributed by atoms with Crippen molar-refractivity contribution < 1.29 is 9.53 Å². The Hall–Kier alpha value is -0.610. The van der Waals surface area contributed by atoms with E-state index in [4.69, 9.17) is 10.5 Å². The normalized spacial score (nSPS) is 26.3. The number of methoxy groups -OCH3 is 1. The van der Waals surface area contributed by atoms with Crippen LogP contribution in [0.2, 0.25) is 0 Å². The van der Waals surface area contributed by atoms with Crippen LogP contribution in [-0.4, -0.2) is 43.2 Å². The Morgan fingerprint density at radius 3 is 2.80 bits per heavy atom. The molecular weight excluding hydrogens is 192 g/mol. The van der Waals surface area contributed by atoms with Crippen molar-refractivity contribution >= 4 is 5.97 Å². The first-order valence-corrected chi connectivity index (χ1v) is 5.65. The summed E-state index contributed by atoms with van der Waals surface area (Å²) in [5, 5.41) is 0. The highest BCUT2D eigenvalue weighted by Gasteiger charge is 2.33. The Morgan fingerprint density at radius 1 is 1.60 bits per heavy atom. The van der Waals surface area contributed by atoms with Gasteiger partial charge in [-0.05, 0) is 26.3 Å². The van der Waals surface area contributed by atoms with Gasteiger partial charge >= 0.3 is 5.97 Å². The third-order valence-corrected chi connectivity index (χ3v) is 3.51. The molecule has 0 aromatic rings. The van der Waals surface area contributed by atoms with Crippen LogP contribution in [0.25, 0.3) is 0 Å². The van der Waals surface area contributed by atoms with Crippen LogP contribution < -0.4 is 5.73 Å². The molecule has 0 radical (unpaired) electrons. The van der Waals surface area contributed by atoms with Crippen LogP contribution in [0.5, 0.6) is 0 Å². The SMILES string of the molecule is COC(=O)C(C)C(C)N1CCCC1CN. The van der Waals surface area contributed by atoms with Gasteiger partial charge in [0.05, 0.1) is 13.0 Å². The zero-order valence-corrected chi connectivity index (χ0v) is 9.90. The largest absolute Gasteiger partial charge is 0.469 e. The fourth-order valence-electron chi connectivity index (χ4n) is 2.32. The van der Waals surface area contributed by atoms with Crippen LogP contribution >= 0.6 is 0 Å². The summed E-state index contributed by atoms with van der Waals surface area (Å²) in [7, 11) is 1.44. The van der Waals surface area contributed by atoms with Crippen LogP contribution in [0.15, 0.2) is 0 Å². The lowest BCUT2D eigenvalue weighted by Gasteiger charge is -2.32. The van der Waals surface area contributed by atoms with Crippen LogP contribution in [0, 0.1) is 5.92 Å². The molecule has 3 unspecified atom stereocenters. The molecule has 0 aliphatic carbocycles. The van der Waals surface area contributed by atoms with Crippen molar-refractivity contribution in [1.82, 2.24) is 4.90 Å². The molecule has 88 valence electrons. The molecule has 1 rings (SSSR count). The second-order valence-electron chi connectivity index (χ2n) is 4.32. The molecular formula is C11H22N2O2. The highest BCUT2D eigenvalue weighted by atomic mass is 16.5. The highest BCUT2D eigenvalue weighted by Crippen LogP contribution is 2.23. The van der Waals surface area contributed by atoms with E-state index in [-0.39, 0.29) is 17.9 Å². The van der Waals surface area contributed by atoms with Crippen molar-refractivity contribution in [3.05, 3.63) is 0 Å². The van der Waals surface area contributed by atoms with Crippen molar-refractivity contribution in [2.24, 2.45) is 11.7 Å². The van der Waals surface area contributed by atoms with Gasteiger partial charge < -0.3 is 10.5 Å². The summed E-state index contributed by atoms with van der Waals surface area (Å²) in [4.78, 5) is 13.8. The predicted molar refractivity (Wildman–Crippen MR) is 59.4 cm³/mol. The summed E-state index contributed by atoms with van der Waals surface area (Å²) in [6.45, 7) is 5.72. The second kappa shape index (κ2) is 5.47. The zero-order valence-electron chi connectivity index (χ0n) is 9.90. The number of hydrogen-bond donors (Lipinski definition) is 1. The van der Waals surface area contributed by atoms with E-state index in [1.807, 2.05) is 6.92 Å². The minimum atomic E-state index is -0.134. The first-order valence-electron chi connectivity index (χ1n) is 5.65. The molecule has 0 aromatic heterocycles. The highest BCUT2D eigenvalue weighted by molar-refractivity contribution is 5.72. The minimum absolute atomic E-state index is 0.0813. The molecule has 1 heterocycles. The second-order valence-corrected chi connectivity index (χ2v) is 4.32. The van der Waals surface area contributed by atoms with Crippen molar-refractivity contribution in [3.63, 3.8) is 0 Å². The number of hydrogen-bond acceptors (Lipinski definition) is 4. The molecule has 3 atom stereocenters. The molecule has 1 fully saturated rings. The molecule has 4 nitrogen and oxygen atoms in total. The summed E-state index contributed by atoms with van der Waals surface area (Å²) in [6, 6.07) is 0.653. The Balaban J connectivity index is 2.58. The molecule has 15 heavy (non-hydrogen) atoms. The molecule has 1 aliphatic heterocycles. The molecule has 0 aromatic carbocycles. The molecule has 1 aliphatic rings. The summed E-state index contributed by atoms with van der Waals surface area (Å²) < 4.78 is 4.76. The maximum Gasteiger partial charge on any atom is 0.309 e. The van der Waals surface area contributed by atoms with E-state index in [9.17, 15) is 4.79 Å². The molecule has 2 N–H and O–H groups in total. The number of nitrogens with two attached hydrogens (primary N) is 1. The van der Waals surface area contributed by atoms with Crippen molar-refractivity contribution in [3.8, 4) is 0 Å². The lowest BCUT2D eigenvalue weighted by Crippen LogP contribution is -2.46. The Bertz CT molecular complexity index is 221. The number of ether oxygens (including phenoxy) is 1. The number of carbonyl (C=O) groups is 1. The summed E-state index contributed by atoms with van der Waals surface area (Å²) in [6.07, 6.45) is 2.33. The first-order chi connectivity index (χ1) is 7.11. The Kier molecular flexibility index (Phi) is 4.54. The molecule has 0 amide bonds. The first kappa shape index (κ1) is 12.5. The van der Waals surface area contributed by atoms with Gasteiger partial charge in [-0.15, -0.1) is 0 Å². The van der Waals surface area contributed by atoms with E-state index in [0.717, 1.165) is 13.0 Å². The van der Waals surface area contributed by atoms with Crippen molar-refractivity contribution in [2.75, 3.05) is 20.2 Å². The van der Waals surface area contributed by atoms with Gasteiger partial charge in [0.25, 0.3) is 0 Å². The number of esters is 1. The van der Waals surface area contributed by atoms with E-state index in [0.29, 0.717) is 12.6 Å². The van der Waals surface area contributed by atoms with Crippen LogP contribution in [0.3, 0.4) is 0 Å². The summed E-state index contributed by atoms with van der Waals surface area (Å²) in [5.41, 5.74) is 5.71. The lowest BCUT2D eigenvalue weighted by molar-refractivity contribution is -0.147. The quantitative estimate of drug-likeness (QED) is 0.697. The minimum Gasteiger partial charge on any atom is -0.469 e. The fourth-order valence-corrected chi connectivity index (χ4v) is 2.32. The van der Waals surface area contributed by atoms with Crippen molar-refractivity contribution in [2.45, 2.75) is 38.8 Å². The number of likely N-dealkylation sites (tertiary alicyclic amines) is 1. The Labute approximate surface area is 91.8 Å². The van der Waals surface area contributed by atoms with Gasteiger partial charge in [-0.25, -0.2) is 0 Å². The van der Waals surface area contributed by atoms with Gasteiger partial charge in [0, 0.05) is 18.6 Å². The van der Waals surface area contributed by atoms with Gasteiger partial charge in [0.15, 0.2) is 0 Å². The molecule has 1 saturated heterocycles. The zero-order chi connectivity index (χ0) is 11.4. The molecule has 0 saturated carbocycles. The predicted octanol–water partition coefficient (Wildman–Crippen LogP) is 0.607. The van der Waals surface area contributed by atoms with Crippen LogP contribution in [0.1, 0.15) is 26.7 Å². The van der Waals surface area contributed by atoms with E-state index in [1.165, 1.54) is 13.5 Å². The van der Waals surface area contributed by atoms with Gasteiger partial charge in [0.1, 0.15) is 0 Å². The van der Waals surface area contributed by atoms with Crippen molar-refractivity contribution in [1.29, 1.82) is 0 Å². The van der Waals surface area contributed by atoms with E-state index >= 15 is 0 Å². The van der Waals surface area contributed by atoms with E-state index in [2.05, 4.69) is 11.8 Å². The maximum absolute atomic E-state index is 11.4. The lowest BCUT2D eigenvalue weighted by atomic mass is 10.0. The molecule has 4 heteroatoms. The topological polar surface area (TPSA) is 55.6 Å². The van der Waals surface area contributed by atoms with Gasteiger partial charge in [0.2, 0.25) is 0 Å². The average molecular weight is 214 g/mol. The Morgan fingerprint density at radius 2 is 2.27 bits per heavy atom. The number of rotatable bonds is 4. The van der Waals surface area contributed by atoms with Gasteiger partial charge in [-0.2, -0.15) is 0 Å². The number of nitrogens with zero attached hydrogens (tertiary/aromatic N) is 1. The monoisotopic (exact) mass is 214 g/mol. The standard InChI is InChI=1S/C11H22N2O2/c1-8(11(14)15-3)9(2)13-6-4-5-10(13)7-12/h8-10H,4-7,12H2,1-3H3. The number of carbonyl (C=O) groups excluding carboxylic acids is 1. The third-order valence-electron chi connectivity index (χ3n) is 3.51. The van der Waals surface area contributed by atoms with Crippen LogP contribution in [0.4, 0.5) is 0 Å². The van der Waals surface area contributed by atoms with E-state index < -0.39 is 0 Å². The van der Waals surface area contributed by atoms with Gasteiger partial charge in [-0.3, -0.25) is 9.69 Å². The van der Waals surface area contributed by atoms with Crippen LogP contribution in [-0.2, 0) is 9.53 Å². The summed E-state index contributed by atoms with van der Waals surface area (Å²) >= 11 is 0. The summed E-state index contributed by atoms with van der Waals surface area (Å²) in [5.74, 6) is -0.215. The third kappa shape index (κ3) is 2.69. The smallest absolute Gasteiger partial charge is 0.309 e. The average Bonchev–Trinajstić information content (AvgIpc) is 2.73.